The van der Waals surface area contributed by atoms with Crippen LogP contribution in [0, 0.1) is 5.82 Å². The molecule has 0 bridgehead atoms. The van der Waals surface area contributed by atoms with E-state index in [9.17, 15) is 9.18 Å². The summed E-state index contributed by atoms with van der Waals surface area (Å²) < 4.78 is 19.4. The number of amides is 1. The SMILES string of the molecule is CCC(C)NC(=O)C(C)Oc1ccc(C(C)NC)cc1F. The second-order valence-corrected chi connectivity index (χ2v) is 5.28. The molecule has 0 heterocycles. The van der Waals surface area contributed by atoms with Crippen LogP contribution in [0.3, 0.4) is 0 Å². The summed E-state index contributed by atoms with van der Waals surface area (Å²) in [6.45, 7) is 7.45. The molecule has 0 aliphatic heterocycles. The molecule has 4 nitrogen and oxygen atoms in total. The number of carbonyl (C=O) groups excluding carboxylic acids is 1. The van der Waals surface area contributed by atoms with Gasteiger partial charge in [-0.15, -0.1) is 0 Å². The maximum atomic E-state index is 14.0. The predicted molar refractivity (Wildman–Crippen MR) is 81.9 cm³/mol. The van der Waals surface area contributed by atoms with Crippen LogP contribution in [0.5, 0.6) is 5.75 Å². The fourth-order valence-corrected chi connectivity index (χ4v) is 1.75. The summed E-state index contributed by atoms with van der Waals surface area (Å²) in [5, 5.41) is 5.85. The summed E-state index contributed by atoms with van der Waals surface area (Å²) in [6.07, 6.45) is 0.102. The van der Waals surface area contributed by atoms with Crippen LogP contribution >= 0.6 is 0 Å². The van der Waals surface area contributed by atoms with E-state index in [0.717, 1.165) is 12.0 Å². The summed E-state index contributed by atoms with van der Waals surface area (Å²) in [4.78, 5) is 11.9. The van der Waals surface area contributed by atoms with Crippen molar-refractivity contribution < 1.29 is 13.9 Å². The third kappa shape index (κ3) is 5.01. The van der Waals surface area contributed by atoms with Crippen molar-refractivity contribution in [2.75, 3.05) is 7.05 Å². The monoisotopic (exact) mass is 296 g/mol. The number of hydrogen-bond donors (Lipinski definition) is 2. The van der Waals surface area contributed by atoms with Crippen LogP contribution in [0.25, 0.3) is 0 Å². The van der Waals surface area contributed by atoms with Crippen LogP contribution in [-0.2, 0) is 4.79 Å². The first kappa shape index (κ1) is 17.4. The molecule has 0 saturated carbocycles. The van der Waals surface area contributed by atoms with Gasteiger partial charge in [0.05, 0.1) is 0 Å². The largest absolute Gasteiger partial charge is 0.478 e. The zero-order valence-corrected chi connectivity index (χ0v) is 13.4. The third-order valence-electron chi connectivity index (χ3n) is 3.56. The Morgan fingerprint density at radius 3 is 2.52 bits per heavy atom. The van der Waals surface area contributed by atoms with Gasteiger partial charge in [-0.1, -0.05) is 13.0 Å². The van der Waals surface area contributed by atoms with Crippen molar-refractivity contribution in [1.29, 1.82) is 0 Å². The molecule has 3 atom stereocenters. The average Bonchev–Trinajstić information content (AvgIpc) is 2.47. The highest BCUT2D eigenvalue weighted by Crippen LogP contribution is 2.22. The van der Waals surface area contributed by atoms with Gasteiger partial charge in [0, 0.05) is 12.1 Å². The van der Waals surface area contributed by atoms with E-state index >= 15 is 0 Å². The second-order valence-electron chi connectivity index (χ2n) is 5.28. The highest BCUT2D eigenvalue weighted by molar-refractivity contribution is 5.80. The molecule has 2 N–H and O–H groups in total. The number of nitrogens with one attached hydrogen (secondary N) is 2. The molecule has 0 aliphatic carbocycles. The first-order chi connectivity index (χ1) is 9.88. The average molecular weight is 296 g/mol. The normalized spacial score (nSPS) is 15.1. The van der Waals surface area contributed by atoms with E-state index in [1.807, 2.05) is 27.8 Å². The molecular weight excluding hydrogens is 271 g/mol. The van der Waals surface area contributed by atoms with Gasteiger partial charge in [0.15, 0.2) is 17.7 Å². The molecule has 0 radical (unpaired) electrons. The number of ether oxygens (including phenoxy) is 1. The van der Waals surface area contributed by atoms with Gasteiger partial charge in [0.25, 0.3) is 5.91 Å². The van der Waals surface area contributed by atoms with E-state index in [4.69, 9.17) is 4.74 Å². The minimum absolute atomic E-state index is 0.0553. The Kier molecular flexibility index (Phi) is 6.62. The molecule has 5 heteroatoms. The third-order valence-corrected chi connectivity index (χ3v) is 3.56. The van der Waals surface area contributed by atoms with E-state index in [0.29, 0.717) is 0 Å². The molecule has 0 fully saturated rings. The van der Waals surface area contributed by atoms with Gasteiger partial charge in [-0.3, -0.25) is 4.79 Å². The molecule has 21 heavy (non-hydrogen) atoms. The first-order valence-electron chi connectivity index (χ1n) is 7.32. The Bertz CT molecular complexity index is 479. The van der Waals surface area contributed by atoms with Crippen LogP contribution in [0.15, 0.2) is 18.2 Å². The fourth-order valence-electron chi connectivity index (χ4n) is 1.75. The van der Waals surface area contributed by atoms with Crippen molar-refractivity contribution in [1.82, 2.24) is 10.6 Å². The zero-order chi connectivity index (χ0) is 16.0. The maximum Gasteiger partial charge on any atom is 0.260 e. The summed E-state index contributed by atoms with van der Waals surface area (Å²) in [7, 11) is 1.81. The minimum atomic E-state index is -0.735. The van der Waals surface area contributed by atoms with Crippen LogP contribution < -0.4 is 15.4 Å². The second kappa shape index (κ2) is 7.98. The number of benzene rings is 1. The first-order valence-corrected chi connectivity index (χ1v) is 7.32. The van der Waals surface area contributed by atoms with E-state index in [-0.39, 0.29) is 23.7 Å². The molecule has 0 aromatic heterocycles. The van der Waals surface area contributed by atoms with Gasteiger partial charge < -0.3 is 15.4 Å². The zero-order valence-electron chi connectivity index (χ0n) is 13.4. The lowest BCUT2D eigenvalue weighted by atomic mass is 10.1. The van der Waals surface area contributed by atoms with Crippen LogP contribution in [0.1, 0.15) is 45.7 Å². The molecule has 0 spiro atoms. The lowest BCUT2D eigenvalue weighted by molar-refractivity contribution is -0.127. The topological polar surface area (TPSA) is 50.4 Å². The van der Waals surface area contributed by atoms with Crippen molar-refractivity contribution in [2.24, 2.45) is 0 Å². The smallest absolute Gasteiger partial charge is 0.260 e. The molecule has 1 amide bonds. The lowest BCUT2D eigenvalue weighted by Crippen LogP contribution is -2.41. The standard InChI is InChI=1S/C16H25FN2O2/c1-6-10(2)19-16(20)12(4)21-15-8-7-13(9-14(15)17)11(3)18-5/h7-12,18H,6H2,1-5H3,(H,19,20). The van der Waals surface area contributed by atoms with Crippen molar-refractivity contribution in [3.63, 3.8) is 0 Å². The summed E-state index contributed by atoms with van der Waals surface area (Å²) in [5.41, 5.74) is 0.832. The number of carbonyl (C=O) groups is 1. The molecule has 1 rings (SSSR count). The Morgan fingerprint density at radius 1 is 1.33 bits per heavy atom. The Hall–Kier alpha value is -1.62. The van der Waals surface area contributed by atoms with Gasteiger partial charge in [-0.2, -0.15) is 0 Å². The highest BCUT2D eigenvalue weighted by Gasteiger charge is 2.18. The minimum Gasteiger partial charge on any atom is -0.478 e. The van der Waals surface area contributed by atoms with Crippen molar-refractivity contribution in [3.8, 4) is 5.75 Å². The van der Waals surface area contributed by atoms with Crippen molar-refractivity contribution in [2.45, 2.75) is 52.3 Å². The summed E-state index contributed by atoms with van der Waals surface area (Å²) in [5.74, 6) is -0.608. The predicted octanol–water partition coefficient (Wildman–Crippen LogP) is 2.79. The van der Waals surface area contributed by atoms with E-state index < -0.39 is 11.9 Å². The molecule has 1 aromatic carbocycles. The number of rotatable bonds is 7. The van der Waals surface area contributed by atoms with Crippen LogP contribution in [-0.4, -0.2) is 25.1 Å². The van der Waals surface area contributed by atoms with Crippen molar-refractivity contribution in [3.05, 3.63) is 29.6 Å². The van der Waals surface area contributed by atoms with Gasteiger partial charge in [-0.05, 0) is 51.9 Å². The maximum absolute atomic E-state index is 14.0. The molecule has 1 aromatic rings. The molecule has 0 aliphatic rings. The quantitative estimate of drug-likeness (QED) is 0.813. The summed E-state index contributed by atoms with van der Waals surface area (Å²) in [6, 6.07) is 4.91. The number of halogens is 1. The highest BCUT2D eigenvalue weighted by atomic mass is 19.1. The molecule has 118 valence electrons. The van der Waals surface area contributed by atoms with Gasteiger partial charge in [0.1, 0.15) is 0 Å². The van der Waals surface area contributed by atoms with Crippen LogP contribution in [0.2, 0.25) is 0 Å². The molecular formula is C16H25FN2O2. The lowest BCUT2D eigenvalue weighted by Gasteiger charge is -2.19. The van der Waals surface area contributed by atoms with Crippen molar-refractivity contribution >= 4 is 5.91 Å². The molecule has 0 saturated heterocycles. The Morgan fingerprint density at radius 2 is 2.00 bits per heavy atom. The number of hydrogen-bond acceptors (Lipinski definition) is 3. The van der Waals surface area contributed by atoms with Gasteiger partial charge in [-0.25, -0.2) is 4.39 Å². The van der Waals surface area contributed by atoms with E-state index in [2.05, 4.69) is 10.6 Å². The van der Waals surface area contributed by atoms with Gasteiger partial charge in [0.2, 0.25) is 0 Å². The van der Waals surface area contributed by atoms with Crippen LogP contribution in [0.4, 0.5) is 4.39 Å². The Labute approximate surface area is 126 Å². The van der Waals surface area contributed by atoms with E-state index in [1.165, 1.54) is 6.07 Å². The fraction of sp³-hybridized carbons (Fsp3) is 0.562. The van der Waals surface area contributed by atoms with Gasteiger partial charge >= 0.3 is 0 Å². The Balaban J connectivity index is 2.72. The summed E-state index contributed by atoms with van der Waals surface area (Å²) >= 11 is 0. The van der Waals surface area contributed by atoms with E-state index in [1.54, 1.807) is 19.1 Å². The molecule has 3 unspecified atom stereocenters.